The summed E-state index contributed by atoms with van der Waals surface area (Å²) < 4.78 is 7.19. The number of aryl methyl sites for hydroxylation is 2. The molecule has 2 aromatic carbocycles. The van der Waals surface area contributed by atoms with Gasteiger partial charge < -0.3 is 10.1 Å². The molecule has 1 N–H and O–H groups in total. The number of fused-ring (bicyclic) bond motifs is 1. The number of aromatic nitrogens is 4. The second-order valence-corrected chi connectivity index (χ2v) is 8.09. The lowest BCUT2D eigenvalue weighted by Gasteiger charge is -2.11. The normalized spacial score (nSPS) is 11.0. The molecule has 10 heteroatoms. The third-order valence-corrected chi connectivity index (χ3v) is 5.64. The number of nitrogens with zero attached hydrogens (tertiary/aromatic N) is 4. The first-order valence-electron chi connectivity index (χ1n) is 8.58. The maximum atomic E-state index is 12.4. The molecule has 2 heterocycles. The highest BCUT2D eigenvalue weighted by Gasteiger charge is 2.13. The predicted octanol–water partition coefficient (Wildman–Crippen LogP) is 4.79. The summed E-state index contributed by atoms with van der Waals surface area (Å²) >= 11 is 13.4. The van der Waals surface area contributed by atoms with Crippen LogP contribution in [0.15, 0.2) is 36.4 Å². The van der Waals surface area contributed by atoms with Gasteiger partial charge in [-0.25, -0.2) is 0 Å². The molecule has 7 nitrogen and oxygen atoms in total. The maximum absolute atomic E-state index is 12.4. The summed E-state index contributed by atoms with van der Waals surface area (Å²) in [6.45, 7) is 3.58. The summed E-state index contributed by atoms with van der Waals surface area (Å²) in [5, 5.41) is 17.1. The maximum Gasteiger partial charge on any atom is 0.262 e. The predicted molar refractivity (Wildman–Crippen MR) is 114 cm³/mol. The van der Waals surface area contributed by atoms with E-state index in [0.29, 0.717) is 21.5 Å². The van der Waals surface area contributed by atoms with Crippen molar-refractivity contribution in [3.8, 4) is 16.3 Å². The molecule has 0 spiro atoms. The van der Waals surface area contributed by atoms with Gasteiger partial charge in [0.2, 0.25) is 4.96 Å². The van der Waals surface area contributed by atoms with Crippen molar-refractivity contribution in [1.82, 2.24) is 19.8 Å². The summed E-state index contributed by atoms with van der Waals surface area (Å²) in [5.74, 6) is 0.818. The van der Waals surface area contributed by atoms with Crippen LogP contribution < -0.4 is 10.1 Å². The van der Waals surface area contributed by atoms with Crippen LogP contribution in [0.1, 0.15) is 11.4 Å². The lowest BCUT2D eigenvalue weighted by Crippen LogP contribution is -2.20. The average molecular weight is 448 g/mol. The summed E-state index contributed by atoms with van der Waals surface area (Å²) in [7, 11) is 0. The van der Waals surface area contributed by atoms with Gasteiger partial charge in [-0.15, -0.1) is 10.2 Å². The monoisotopic (exact) mass is 447 g/mol. The number of ether oxygens (including phenoxy) is 1. The van der Waals surface area contributed by atoms with Gasteiger partial charge in [0, 0.05) is 16.3 Å². The van der Waals surface area contributed by atoms with Gasteiger partial charge in [-0.3, -0.25) is 4.79 Å². The number of anilines is 1. The van der Waals surface area contributed by atoms with E-state index in [2.05, 4.69) is 20.6 Å². The standard InChI is InChI=1S/C19H15Cl2N5O2S/c1-10-3-4-12(18-25-26-11(2)23-24-19(26)29-18)7-15(10)22-17(27)9-28-16-6-5-13(20)8-14(16)21/h3-8H,9H2,1-2H3,(H,22,27). The number of halogens is 2. The number of nitrogens with one attached hydrogen (secondary N) is 1. The van der Waals surface area contributed by atoms with E-state index in [-0.39, 0.29) is 12.5 Å². The first-order chi connectivity index (χ1) is 13.9. The van der Waals surface area contributed by atoms with E-state index in [4.69, 9.17) is 27.9 Å². The van der Waals surface area contributed by atoms with Crippen molar-refractivity contribution in [1.29, 1.82) is 0 Å². The first-order valence-corrected chi connectivity index (χ1v) is 10.2. The Balaban J connectivity index is 1.49. The van der Waals surface area contributed by atoms with Gasteiger partial charge in [-0.1, -0.05) is 46.7 Å². The first kappa shape index (κ1) is 19.6. The van der Waals surface area contributed by atoms with E-state index in [9.17, 15) is 4.79 Å². The van der Waals surface area contributed by atoms with E-state index in [1.165, 1.54) is 11.3 Å². The van der Waals surface area contributed by atoms with E-state index >= 15 is 0 Å². The number of carbonyl (C=O) groups is 1. The molecule has 0 fully saturated rings. The van der Waals surface area contributed by atoms with Crippen LogP contribution in [-0.4, -0.2) is 32.3 Å². The zero-order chi connectivity index (χ0) is 20.5. The SMILES string of the molecule is Cc1ccc(-c2nn3c(C)nnc3s2)cc1NC(=O)COc1ccc(Cl)cc1Cl. The zero-order valence-corrected chi connectivity index (χ0v) is 17.8. The number of benzene rings is 2. The number of carbonyl (C=O) groups excluding carboxylic acids is 1. The molecular formula is C19H15Cl2N5O2S. The minimum atomic E-state index is -0.301. The molecule has 0 saturated heterocycles. The molecule has 0 saturated carbocycles. The van der Waals surface area contributed by atoms with Crippen molar-refractivity contribution in [2.75, 3.05) is 11.9 Å². The van der Waals surface area contributed by atoms with Crippen LogP contribution in [0.3, 0.4) is 0 Å². The third-order valence-electron chi connectivity index (χ3n) is 4.16. The molecule has 0 unspecified atom stereocenters. The van der Waals surface area contributed by atoms with Gasteiger partial charge in [-0.05, 0) is 43.7 Å². The van der Waals surface area contributed by atoms with Crippen molar-refractivity contribution in [2.45, 2.75) is 13.8 Å². The lowest BCUT2D eigenvalue weighted by molar-refractivity contribution is -0.118. The molecule has 0 radical (unpaired) electrons. The van der Waals surface area contributed by atoms with Crippen LogP contribution in [0.4, 0.5) is 5.69 Å². The van der Waals surface area contributed by atoms with Crippen molar-refractivity contribution < 1.29 is 9.53 Å². The van der Waals surface area contributed by atoms with Crippen molar-refractivity contribution in [2.24, 2.45) is 0 Å². The summed E-state index contributed by atoms with van der Waals surface area (Å²) in [4.78, 5) is 13.1. The Hall–Kier alpha value is -2.68. The molecule has 4 rings (SSSR count). The molecule has 2 aromatic heterocycles. The Kier molecular flexibility index (Phi) is 5.40. The lowest BCUT2D eigenvalue weighted by atomic mass is 10.1. The molecule has 29 heavy (non-hydrogen) atoms. The molecule has 148 valence electrons. The second kappa shape index (κ2) is 7.98. The van der Waals surface area contributed by atoms with E-state index < -0.39 is 0 Å². The number of hydrogen-bond donors (Lipinski definition) is 1. The van der Waals surface area contributed by atoms with Gasteiger partial charge in [0.05, 0.1) is 5.02 Å². The number of hydrogen-bond acceptors (Lipinski definition) is 6. The smallest absolute Gasteiger partial charge is 0.262 e. The fourth-order valence-electron chi connectivity index (χ4n) is 2.64. The molecule has 0 atom stereocenters. The molecule has 1 amide bonds. The van der Waals surface area contributed by atoms with Crippen LogP contribution >= 0.6 is 34.5 Å². The molecule has 0 aliphatic rings. The molecular weight excluding hydrogens is 433 g/mol. The number of amides is 1. The Bertz CT molecular complexity index is 1220. The highest BCUT2D eigenvalue weighted by Crippen LogP contribution is 2.30. The quantitative estimate of drug-likeness (QED) is 0.475. The fraction of sp³-hybridized carbons (Fsp3) is 0.158. The van der Waals surface area contributed by atoms with Gasteiger partial charge in [0.15, 0.2) is 12.4 Å². The topological polar surface area (TPSA) is 81.4 Å². The Morgan fingerprint density at radius 3 is 2.76 bits per heavy atom. The van der Waals surface area contributed by atoms with Crippen molar-refractivity contribution in [3.63, 3.8) is 0 Å². The van der Waals surface area contributed by atoms with Crippen LogP contribution in [0.25, 0.3) is 15.5 Å². The Morgan fingerprint density at radius 2 is 2.00 bits per heavy atom. The van der Waals surface area contributed by atoms with Crippen molar-refractivity contribution in [3.05, 3.63) is 57.8 Å². The molecule has 4 aromatic rings. The molecule has 0 aliphatic heterocycles. The van der Waals surface area contributed by atoms with Gasteiger partial charge in [0.25, 0.3) is 5.91 Å². The van der Waals surface area contributed by atoms with Crippen LogP contribution in [0, 0.1) is 13.8 Å². The zero-order valence-electron chi connectivity index (χ0n) is 15.4. The van der Waals surface area contributed by atoms with Gasteiger partial charge in [0.1, 0.15) is 10.8 Å². The summed E-state index contributed by atoms with van der Waals surface area (Å²) in [6, 6.07) is 10.6. The van der Waals surface area contributed by atoms with Gasteiger partial charge >= 0.3 is 0 Å². The van der Waals surface area contributed by atoms with Crippen LogP contribution in [0.2, 0.25) is 10.0 Å². The highest BCUT2D eigenvalue weighted by molar-refractivity contribution is 7.19. The average Bonchev–Trinajstić information content (AvgIpc) is 3.25. The van der Waals surface area contributed by atoms with E-state index in [0.717, 1.165) is 26.9 Å². The van der Waals surface area contributed by atoms with Crippen LogP contribution in [-0.2, 0) is 4.79 Å². The summed E-state index contributed by atoms with van der Waals surface area (Å²) in [6.07, 6.45) is 0. The highest BCUT2D eigenvalue weighted by atomic mass is 35.5. The fourth-order valence-corrected chi connectivity index (χ4v) is 3.99. The largest absolute Gasteiger partial charge is 0.482 e. The van der Waals surface area contributed by atoms with Gasteiger partial charge in [-0.2, -0.15) is 9.61 Å². The molecule has 0 aliphatic carbocycles. The van der Waals surface area contributed by atoms with Crippen LogP contribution in [0.5, 0.6) is 5.75 Å². The second-order valence-electron chi connectivity index (χ2n) is 6.29. The Morgan fingerprint density at radius 1 is 1.17 bits per heavy atom. The molecule has 0 bridgehead atoms. The Labute approximate surface area is 180 Å². The van der Waals surface area contributed by atoms with E-state index in [1.807, 2.05) is 32.0 Å². The minimum absolute atomic E-state index is 0.180. The summed E-state index contributed by atoms with van der Waals surface area (Å²) in [5.41, 5.74) is 2.48. The van der Waals surface area contributed by atoms with E-state index in [1.54, 1.807) is 22.7 Å². The third kappa shape index (κ3) is 4.19. The van der Waals surface area contributed by atoms with Crippen molar-refractivity contribution >= 4 is 51.1 Å². The number of rotatable bonds is 5. The minimum Gasteiger partial charge on any atom is -0.482 e.